The smallest absolute Gasteiger partial charge is 0.241 e. The predicted octanol–water partition coefficient (Wildman–Crippen LogP) is 0.869. The molecule has 1 heterocycles. The largest absolute Gasteiger partial charge is 0.396 e. The molecule has 17 heavy (non-hydrogen) atoms. The van der Waals surface area contributed by atoms with E-state index in [4.69, 9.17) is 5.73 Å². The lowest BCUT2D eigenvalue weighted by molar-refractivity contribution is -0.122. The van der Waals surface area contributed by atoms with E-state index in [-0.39, 0.29) is 12.5 Å². The number of nitrogen functional groups attached to an aromatic ring is 1. The minimum absolute atomic E-state index is 0.0346. The number of amides is 1. The van der Waals surface area contributed by atoms with Gasteiger partial charge in [-0.1, -0.05) is 13.8 Å². The van der Waals surface area contributed by atoms with Gasteiger partial charge in [0, 0.05) is 6.04 Å². The van der Waals surface area contributed by atoms with E-state index < -0.39 is 0 Å². The number of rotatable bonds is 5. The average Bonchev–Trinajstić information content (AvgIpc) is 3.04. The van der Waals surface area contributed by atoms with Crippen LogP contribution in [0.3, 0.4) is 0 Å². The van der Waals surface area contributed by atoms with Crippen LogP contribution in [0.2, 0.25) is 0 Å². The second kappa shape index (κ2) is 4.77. The Kier molecular flexibility index (Phi) is 3.36. The number of carbonyl (C=O) groups is 1. The third kappa shape index (κ3) is 2.60. The minimum atomic E-state index is 0.0346. The number of hydrogen-bond acceptors (Lipinski definition) is 3. The van der Waals surface area contributed by atoms with E-state index in [2.05, 4.69) is 10.4 Å². The molecular weight excluding hydrogens is 216 g/mol. The summed E-state index contributed by atoms with van der Waals surface area (Å²) in [6, 6.07) is 0.395. The van der Waals surface area contributed by atoms with Gasteiger partial charge in [-0.3, -0.25) is 9.48 Å². The van der Waals surface area contributed by atoms with Crippen molar-refractivity contribution in [1.29, 1.82) is 0 Å². The zero-order valence-corrected chi connectivity index (χ0v) is 10.5. The molecule has 5 heteroatoms. The van der Waals surface area contributed by atoms with Gasteiger partial charge in [-0.15, -0.1) is 0 Å². The number of nitrogens with one attached hydrogen (secondary N) is 1. The zero-order chi connectivity index (χ0) is 12.4. The van der Waals surface area contributed by atoms with Crippen LogP contribution >= 0.6 is 0 Å². The highest BCUT2D eigenvalue weighted by molar-refractivity contribution is 5.76. The van der Waals surface area contributed by atoms with Crippen LogP contribution in [-0.4, -0.2) is 21.7 Å². The van der Waals surface area contributed by atoms with Gasteiger partial charge >= 0.3 is 0 Å². The highest BCUT2D eigenvalue weighted by Gasteiger charge is 2.24. The molecule has 1 aliphatic rings. The molecule has 1 aromatic rings. The molecule has 3 N–H and O–H groups in total. The van der Waals surface area contributed by atoms with Crippen LogP contribution in [0.4, 0.5) is 5.69 Å². The molecule has 1 aromatic heterocycles. The van der Waals surface area contributed by atoms with Crippen molar-refractivity contribution >= 4 is 11.6 Å². The van der Waals surface area contributed by atoms with Crippen LogP contribution in [0.1, 0.15) is 38.1 Å². The van der Waals surface area contributed by atoms with Crippen molar-refractivity contribution in [2.75, 3.05) is 5.73 Å². The fourth-order valence-corrected chi connectivity index (χ4v) is 1.97. The second-order valence-electron chi connectivity index (χ2n) is 4.51. The van der Waals surface area contributed by atoms with Crippen molar-refractivity contribution in [1.82, 2.24) is 15.1 Å². The number of nitrogens with two attached hydrogens (primary N) is 1. The summed E-state index contributed by atoms with van der Waals surface area (Å²) >= 11 is 0. The molecule has 0 spiro atoms. The topological polar surface area (TPSA) is 72.9 Å². The molecular formula is C12H20N4O. The van der Waals surface area contributed by atoms with Gasteiger partial charge in [-0.25, -0.2) is 0 Å². The molecule has 0 radical (unpaired) electrons. The molecule has 1 amide bonds. The highest BCUT2D eigenvalue weighted by Crippen LogP contribution is 2.20. The van der Waals surface area contributed by atoms with Crippen molar-refractivity contribution in [3.8, 4) is 0 Å². The van der Waals surface area contributed by atoms with E-state index in [9.17, 15) is 4.79 Å². The molecule has 5 nitrogen and oxygen atoms in total. The average molecular weight is 236 g/mol. The summed E-state index contributed by atoms with van der Waals surface area (Å²) in [7, 11) is 0. The van der Waals surface area contributed by atoms with Crippen LogP contribution in [0, 0.1) is 0 Å². The summed E-state index contributed by atoms with van der Waals surface area (Å²) in [4.78, 5) is 11.7. The third-order valence-electron chi connectivity index (χ3n) is 3.08. The summed E-state index contributed by atoms with van der Waals surface area (Å²) in [6.07, 6.45) is 3.81. The Bertz CT molecular complexity index is 420. The van der Waals surface area contributed by atoms with Gasteiger partial charge in [-0.2, -0.15) is 5.10 Å². The number of nitrogens with zero attached hydrogens (tertiary/aromatic N) is 2. The van der Waals surface area contributed by atoms with Crippen molar-refractivity contribution in [3.05, 3.63) is 11.4 Å². The SMILES string of the molecule is CCc1nn(CC(=O)NC2CC2)c(CC)c1N. The Labute approximate surface area is 101 Å². The van der Waals surface area contributed by atoms with Crippen LogP contribution < -0.4 is 11.1 Å². The molecule has 0 bridgehead atoms. The van der Waals surface area contributed by atoms with Gasteiger partial charge in [0.15, 0.2) is 0 Å². The standard InChI is InChI=1S/C12H20N4O/c1-3-9-12(13)10(4-2)16(15-9)7-11(17)14-8-5-6-8/h8H,3-7,13H2,1-2H3,(H,14,17). The summed E-state index contributed by atoms with van der Waals surface area (Å²) < 4.78 is 1.74. The molecule has 2 rings (SSSR count). The second-order valence-corrected chi connectivity index (χ2v) is 4.51. The number of hydrogen-bond donors (Lipinski definition) is 2. The van der Waals surface area contributed by atoms with Crippen LogP contribution in [-0.2, 0) is 24.2 Å². The maximum absolute atomic E-state index is 11.7. The number of carbonyl (C=O) groups excluding carboxylic acids is 1. The molecule has 0 aromatic carbocycles. The first kappa shape index (κ1) is 12.0. The van der Waals surface area contributed by atoms with E-state index in [1.807, 2.05) is 13.8 Å². The predicted molar refractivity (Wildman–Crippen MR) is 66.6 cm³/mol. The number of aromatic nitrogens is 2. The Morgan fingerprint density at radius 3 is 2.71 bits per heavy atom. The molecule has 1 aliphatic carbocycles. The van der Waals surface area contributed by atoms with Crippen LogP contribution in [0.25, 0.3) is 0 Å². The van der Waals surface area contributed by atoms with E-state index in [1.165, 1.54) is 0 Å². The maximum atomic E-state index is 11.7. The van der Waals surface area contributed by atoms with Gasteiger partial charge in [0.1, 0.15) is 6.54 Å². The van der Waals surface area contributed by atoms with Gasteiger partial charge in [-0.05, 0) is 25.7 Å². The van der Waals surface area contributed by atoms with Gasteiger partial charge in [0.05, 0.1) is 17.1 Å². The molecule has 1 fully saturated rings. The lowest BCUT2D eigenvalue weighted by Gasteiger charge is -2.06. The van der Waals surface area contributed by atoms with Crippen LogP contribution in [0.5, 0.6) is 0 Å². The molecule has 1 saturated carbocycles. The quantitative estimate of drug-likeness (QED) is 0.796. The minimum Gasteiger partial charge on any atom is -0.396 e. The highest BCUT2D eigenvalue weighted by atomic mass is 16.2. The monoisotopic (exact) mass is 236 g/mol. The van der Waals surface area contributed by atoms with Crippen molar-refractivity contribution in [3.63, 3.8) is 0 Å². The molecule has 0 aliphatic heterocycles. The third-order valence-corrected chi connectivity index (χ3v) is 3.08. The van der Waals surface area contributed by atoms with Crippen molar-refractivity contribution in [2.24, 2.45) is 0 Å². The summed E-state index contributed by atoms with van der Waals surface area (Å²) in [5.41, 5.74) is 8.60. The zero-order valence-electron chi connectivity index (χ0n) is 10.5. The first-order valence-corrected chi connectivity index (χ1v) is 6.29. The molecule has 94 valence electrons. The van der Waals surface area contributed by atoms with Gasteiger partial charge in [0.2, 0.25) is 5.91 Å². The number of aryl methyl sites for hydroxylation is 1. The summed E-state index contributed by atoms with van der Waals surface area (Å²) in [6.45, 7) is 4.33. The van der Waals surface area contributed by atoms with E-state index in [1.54, 1.807) is 4.68 Å². The lowest BCUT2D eigenvalue weighted by atomic mass is 10.2. The fourth-order valence-electron chi connectivity index (χ4n) is 1.97. The van der Waals surface area contributed by atoms with Crippen molar-refractivity contribution < 1.29 is 4.79 Å². The van der Waals surface area contributed by atoms with E-state index >= 15 is 0 Å². The van der Waals surface area contributed by atoms with E-state index in [0.717, 1.165) is 42.8 Å². The Balaban J connectivity index is 2.10. The molecule has 0 atom stereocenters. The normalized spacial score (nSPS) is 14.9. The van der Waals surface area contributed by atoms with Gasteiger partial charge < -0.3 is 11.1 Å². The Morgan fingerprint density at radius 1 is 1.47 bits per heavy atom. The lowest BCUT2D eigenvalue weighted by Crippen LogP contribution is -2.30. The van der Waals surface area contributed by atoms with E-state index in [0.29, 0.717) is 6.04 Å². The van der Waals surface area contributed by atoms with Gasteiger partial charge in [0.25, 0.3) is 0 Å². The van der Waals surface area contributed by atoms with Crippen LogP contribution in [0.15, 0.2) is 0 Å². The van der Waals surface area contributed by atoms with Crippen molar-refractivity contribution in [2.45, 2.75) is 52.1 Å². The Hall–Kier alpha value is -1.52. The summed E-state index contributed by atoms with van der Waals surface area (Å²) in [5.74, 6) is 0.0346. The molecule has 0 saturated heterocycles. The molecule has 0 unspecified atom stereocenters. The summed E-state index contributed by atoms with van der Waals surface area (Å²) in [5, 5.41) is 7.36. The number of anilines is 1. The first-order chi connectivity index (χ1) is 8.15. The first-order valence-electron chi connectivity index (χ1n) is 6.29. The fraction of sp³-hybridized carbons (Fsp3) is 0.667. The maximum Gasteiger partial charge on any atom is 0.241 e. The Morgan fingerprint density at radius 2 is 2.18 bits per heavy atom.